The number of aromatic amines is 1. The molecule has 0 atom stereocenters. The van der Waals surface area contributed by atoms with Gasteiger partial charge in [-0.3, -0.25) is 20.4 Å². The number of aromatic nitrogens is 1. The van der Waals surface area contributed by atoms with E-state index >= 15 is 0 Å². The van der Waals surface area contributed by atoms with Crippen molar-refractivity contribution >= 4 is 22.7 Å². The molecule has 2 aromatic carbocycles. The SMILES string of the molecule is COc1ccc(OCCCC(=O)NNC(=O)Cc2c[nH]c3ccccc23)cc1. The molecule has 146 valence electrons. The van der Waals surface area contributed by atoms with Crippen molar-refractivity contribution < 1.29 is 19.1 Å². The molecule has 3 N–H and O–H groups in total. The molecule has 7 nitrogen and oxygen atoms in total. The zero-order valence-electron chi connectivity index (χ0n) is 15.7. The van der Waals surface area contributed by atoms with Gasteiger partial charge in [-0.25, -0.2) is 0 Å². The maximum absolute atomic E-state index is 12.1. The third kappa shape index (κ3) is 5.26. The van der Waals surface area contributed by atoms with Crippen molar-refractivity contribution in [3.8, 4) is 11.5 Å². The third-order valence-electron chi connectivity index (χ3n) is 4.24. The molecular weight excluding hydrogens is 358 g/mol. The Morgan fingerprint density at radius 1 is 0.964 bits per heavy atom. The van der Waals surface area contributed by atoms with Gasteiger partial charge in [0.1, 0.15) is 11.5 Å². The first-order valence-corrected chi connectivity index (χ1v) is 9.05. The molecule has 1 heterocycles. The highest BCUT2D eigenvalue weighted by molar-refractivity contribution is 5.89. The van der Waals surface area contributed by atoms with Gasteiger partial charge in [-0.1, -0.05) is 18.2 Å². The Hall–Kier alpha value is -3.48. The molecule has 0 saturated carbocycles. The van der Waals surface area contributed by atoms with E-state index in [1.165, 1.54) is 0 Å². The minimum absolute atomic E-state index is 0.185. The first-order valence-electron chi connectivity index (χ1n) is 9.05. The van der Waals surface area contributed by atoms with Crippen LogP contribution in [-0.2, 0) is 16.0 Å². The van der Waals surface area contributed by atoms with Crippen molar-refractivity contribution in [3.05, 3.63) is 60.3 Å². The molecule has 0 aliphatic rings. The van der Waals surface area contributed by atoms with Gasteiger partial charge in [-0.2, -0.15) is 0 Å². The fourth-order valence-corrected chi connectivity index (χ4v) is 2.79. The number of hydrazine groups is 1. The summed E-state index contributed by atoms with van der Waals surface area (Å²) < 4.78 is 10.6. The fourth-order valence-electron chi connectivity index (χ4n) is 2.79. The Morgan fingerprint density at radius 2 is 1.68 bits per heavy atom. The summed E-state index contributed by atoms with van der Waals surface area (Å²) in [6.45, 7) is 0.406. The van der Waals surface area contributed by atoms with Crippen molar-refractivity contribution in [3.63, 3.8) is 0 Å². The molecule has 3 aromatic rings. The molecule has 0 radical (unpaired) electrons. The van der Waals surface area contributed by atoms with E-state index in [1.54, 1.807) is 7.11 Å². The standard InChI is InChI=1S/C21H23N3O4/c1-27-16-8-10-17(11-9-16)28-12-4-7-20(25)23-24-21(26)13-15-14-22-19-6-3-2-5-18(15)19/h2-3,5-6,8-11,14,22H,4,7,12-13H2,1H3,(H,23,25)(H,24,26). The van der Waals surface area contributed by atoms with Gasteiger partial charge in [0.25, 0.3) is 0 Å². The highest BCUT2D eigenvalue weighted by Gasteiger charge is 2.09. The summed E-state index contributed by atoms with van der Waals surface area (Å²) in [6, 6.07) is 15.0. The lowest BCUT2D eigenvalue weighted by Crippen LogP contribution is -2.42. The molecular formula is C21H23N3O4. The predicted molar refractivity (Wildman–Crippen MR) is 106 cm³/mol. The summed E-state index contributed by atoms with van der Waals surface area (Å²) in [5, 5.41) is 1.000. The normalized spacial score (nSPS) is 10.5. The van der Waals surface area contributed by atoms with Crippen LogP contribution in [0.4, 0.5) is 0 Å². The summed E-state index contributed by atoms with van der Waals surface area (Å²) in [5.74, 6) is 0.946. The minimum atomic E-state index is -0.271. The van der Waals surface area contributed by atoms with Crippen LogP contribution in [-0.4, -0.2) is 30.5 Å². The van der Waals surface area contributed by atoms with Crippen LogP contribution in [0.1, 0.15) is 18.4 Å². The lowest BCUT2D eigenvalue weighted by molar-refractivity contribution is -0.128. The number of hydrogen-bond acceptors (Lipinski definition) is 4. The van der Waals surface area contributed by atoms with E-state index in [2.05, 4.69) is 15.8 Å². The lowest BCUT2D eigenvalue weighted by Gasteiger charge is -2.08. The Bertz CT molecular complexity index is 934. The number of methoxy groups -OCH3 is 1. The monoisotopic (exact) mass is 381 g/mol. The van der Waals surface area contributed by atoms with Gasteiger partial charge in [0.05, 0.1) is 20.1 Å². The number of carbonyl (C=O) groups excluding carboxylic acids is 2. The van der Waals surface area contributed by atoms with Crippen molar-refractivity contribution in [2.75, 3.05) is 13.7 Å². The molecule has 0 spiro atoms. The molecule has 28 heavy (non-hydrogen) atoms. The minimum Gasteiger partial charge on any atom is -0.497 e. The van der Waals surface area contributed by atoms with E-state index < -0.39 is 0 Å². The van der Waals surface area contributed by atoms with Crippen LogP contribution < -0.4 is 20.3 Å². The summed E-state index contributed by atoms with van der Waals surface area (Å²) in [4.78, 5) is 27.0. The van der Waals surface area contributed by atoms with Crippen LogP contribution >= 0.6 is 0 Å². The fraction of sp³-hybridized carbons (Fsp3) is 0.238. The van der Waals surface area contributed by atoms with Crippen LogP contribution in [0.3, 0.4) is 0 Å². The van der Waals surface area contributed by atoms with Gasteiger partial charge >= 0.3 is 0 Å². The second-order valence-electron chi connectivity index (χ2n) is 6.26. The number of amides is 2. The molecule has 0 bridgehead atoms. The van der Waals surface area contributed by atoms with E-state index in [9.17, 15) is 9.59 Å². The van der Waals surface area contributed by atoms with Gasteiger partial charge in [-0.15, -0.1) is 0 Å². The van der Waals surface area contributed by atoms with E-state index in [0.717, 1.165) is 22.2 Å². The van der Waals surface area contributed by atoms with Crippen molar-refractivity contribution in [1.29, 1.82) is 0 Å². The number of fused-ring (bicyclic) bond motifs is 1. The number of hydrogen-bond donors (Lipinski definition) is 3. The number of H-pyrrole nitrogens is 1. The van der Waals surface area contributed by atoms with E-state index in [-0.39, 0.29) is 24.7 Å². The molecule has 0 aliphatic carbocycles. The van der Waals surface area contributed by atoms with E-state index in [0.29, 0.717) is 18.8 Å². The molecule has 0 fully saturated rings. The Labute approximate surface area is 163 Å². The summed E-state index contributed by atoms with van der Waals surface area (Å²) >= 11 is 0. The zero-order valence-corrected chi connectivity index (χ0v) is 15.7. The second-order valence-corrected chi connectivity index (χ2v) is 6.26. The average Bonchev–Trinajstić information content (AvgIpc) is 3.13. The summed E-state index contributed by atoms with van der Waals surface area (Å²) in [6.07, 6.45) is 2.78. The van der Waals surface area contributed by atoms with Crippen molar-refractivity contribution in [1.82, 2.24) is 15.8 Å². The number of carbonyl (C=O) groups is 2. The summed E-state index contributed by atoms with van der Waals surface area (Å²) in [7, 11) is 1.60. The van der Waals surface area contributed by atoms with Crippen molar-refractivity contribution in [2.24, 2.45) is 0 Å². The predicted octanol–water partition coefficient (Wildman–Crippen LogP) is 2.73. The van der Waals surface area contributed by atoms with Crippen LogP contribution in [0, 0.1) is 0 Å². The van der Waals surface area contributed by atoms with Crippen molar-refractivity contribution in [2.45, 2.75) is 19.3 Å². The van der Waals surface area contributed by atoms with Gasteiger partial charge < -0.3 is 14.5 Å². The number of rotatable bonds is 8. The molecule has 0 aliphatic heterocycles. The molecule has 3 rings (SSSR count). The van der Waals surface area contributed by atoms with Crippen LogP contribution in [0.25, 0.3) is 10.9 Å². The second kappa shape index (κ2) is 9.45. The first kappa shape index (κ1) is 19.3. The van der Waals surface area contributed by atoms with Gasteiger partial charge in [0.15, 0.2) is 0 Å². The van der Waals surface area contributed by atoms with E-state index in [4.69, 9.17) is 9.47 Å². The Kier molecular flexibility index (Phi) is 6.51. The lowest BCUT2D eigenvalue weighted by atomic mass is 10.1. The highest BCUT2D eigenvalue weighted by atomic mass is 16.5. The third-order valence-corrected chi connectivity index (χ3v) is 4.24. The Balaban J connectivity index is 1.34. The molecule has 0 unspecified atom stereocenters. The quantitative estimate of drug-likeness (QED) is 0.413. The Morgan fingerprint density at radius 3 is 2.46 bits per heavy atom. The first-order chi connectivity index (χ1) is 13.7. The number of ether oxygens (including phenoxy) is 2. The van der Waals surface area contributed by atoms with Crippen LogP contribution in [0.5, 0.6) is 11.5 Å². The maximum Gasteiger partial charge on any atom is 0.242 e. The van der Waals surface area contributed by atoms with Gasteiger partial charge in [-0.05, 0) is 42.3 Å². The highest BCUT2D eigenvalue weighted by Crippen LogP contribution is 2.18. The number of benzene rings is 2. The molecule has 7 heteroatoms. The largest absolute Gasteiger partial charge is 0.497 e. The number of nitrogens with one attached hydrogen (secondary N) is 3. The summed E-state index contributed by atoms with van der Waals surface area (Å²) in [5.41, 5.74) is 6.75. The van der Waals surface area contributed by atoms with Gasteiger partial charge in [0.2, 0.25) is 11.8 Å². The molecule has 1 aromatic heterocycles. The van der Waals surface area contributed by atoms with E-state index in [1.807, 2.05) is 54.7 Å². The topological polar surface area (TPSA) is 92.4 Å². The van der Waals surface area contributed by atoms with Crippen LogP contribution in [0.15, 0.2) is 54.7 Å². The molecule has 2 amide bonds. The van der Waals surface area contributed by atoms with Gasteiger partial charge in [0, 0.05) is 23.5 Å². The maximum atomic E-state index is 12.1. The molecule has 0 saturated heterocycles. The number of para-hydroxylation sites is 1. The smallest absolute Gasteiger partial charge is 0.242 e. The van der Waals surface area contributed by atoms with Crippen LogP contribution in [0.2, 0.25) is 0 Å². The zero-order chi connectivity index (χ0) is 19.8. The average molecular weight is 381 g/mol.